The van der Waals surface area contributed by atoms with E-state index in [1.807, 2.05) is 158 Å². The minimum absolute atomic E-state index is 0.0382. The molecule has 7 radical (unpaired) electrons. The average Bonchev–Trinajstić information content (AvgIpc) is 0.759. The fraction of sp³-hybridized carbons (Fsp3) is 0.188. The molecule has 0 bridgehead atoms. The molecular formula is C85H80B5N4O13P2S2. The molecule has 2 saturated heterocycles. The molecule has 0 spiro atoms. The molecule has 2 atom stereocenters. The maximum atomic E-state index is 14.7. The molecule has 111 heavy (non-hydrogen) atoms. The maximum Gasteiger partial charge on any atom is 0.345 e. The van der Waals surface area contributed by atoms with Crippen LogP contribution < -0.4 is 5.32 Å². The van der Waals surface area contributed by atoms with Gasteiger partial charge >= 0.3 is 13.6 Å². The van der Waals surface area contributed by atoms with Gasteiger partial charge in [-0.2, -0.15) is 8.61 Å². The van der Waals surface area contributed by atoms with Gasteiger partial charge in [-0.25, -0.2) is 21.6 Å². The molecule has 12 aromatic carbocycles. The normalized spacial score (nSPS) is 13.9. The quantitative estimate of drug-likeness (QED) is 0.0332. The van der Waals surface area contributed by atoms with E-state index in [0.717, 1.165) is 53.9 Å². The van der Waals surface area contributed by atoms with Crippen molar-refractivity contribution in [3.63, 3.8) is 0 Å². The number of nitrogens with one attached hydrogen (secondary N) is 1. The number of nitrogens with zero attached hydrogens (tertiary/aromatic N) is 3. The summed E-state index contributed by atoms with van der Waals surface area (Å²) in [5.41, 5.74) is 6.17. The second kappa shape index (κ2) is 37.8. The predicted molar refractivity (Wildman–Crippen MR) is 452 cm³/mol. The molecule has 2 N–H and O–H groups in total. The number of piperazine rings is 2. The fourth-order valence-electron chi connectivity index (χ4n) is 13.5. The standard InChI is InChI=1S/C39H35N2O5PS.C27H25O6P.C14H16N2O2S.C5H4.B5/c1-47(2,44)38(34-17-9-15-28-11-7-8-16-33(28)34)37(42)35-25-30-13-5-6-14-31(30)26-36(35)39(43)40-20-22-41(23-21-40)48(45,46)32-19-18-27-10-3-4-12-29(27)24-32;1-3-32-34(31,33-4-2)26(22-15-9-13-18-10-7-8-14-21(18)22)25(28)23-16-19-11-5-6-12-20(19)17-24(23)27(29)30;17-19(18,16-9-7-15-8-10-16)14-6-5-12-3-1-2-4-13(12)11-14;1-3-5-4-2;1-4-5(2)3/h3-19,24-26,38H,20-23H2,1-2H3;5-17,26H,3-4H2,1-2H3,(H,29,30);1-6,11,15H,7-10H2;1-2H2;. The zero-order chi connectivity index (χ0) is 79.6. The molecule has 17 nitrogen and oxygen atoms in total. The Hall–Kier alpha value is -9.96. The van der Waals surface area contributed by atoms with E-state index in [2.05, 4.69) is 35.7 Å². The Morgan fingerprint density at radius 2 is 0.829 bits per heavy atom. The fourth-order valence-corrected chi connectivity index (χ4v) is 20.1. The minimum Gasteiger partial charge on any atom is -0.478 e. The van der Waals surface area contributed by atoms with Crippen LogP contribution in [0.25, 0.3) is 64.6 Å². The van der Waals surface area contributed by atoms with Crippen molar-refractivity contribution >= 4 is 160 Å². The summed E-state index contributed by atoms with van der Waals surface area (Å²) in [6, 6.07) is 73.2. The minimum atomic E-state index is -4.03. The van der Waals surface area contributed by atoms with Crippen LogP contribution in [-0.2, 0) is 38.2 Å². The lowest BCUT2D eigenvalue weighted by atomic mass is 8.97. The van der Waals surface area contributed by atoms with Gasteiger partial charge in [-0.1, -0.05) is 206 Å². The zero-order valence-electron chi connectivity index (χ0n) is 62.0. The van der Waals surface area contributed by atoms with E-state index in [9.17, 15) is 50.3 Å². The molecule has 2 fully saturated rings. The van der Waals surface area contributed by atoms with Crippen LogP contribution >= 0.6 is 14.7 Å². The number of Topliss-reactive ketones (excluding diaryl/α,β-unsaturated/α-hetero) is 2. The second-order valence-electron chi connectivity index (χ2n) is 26.4. The van der Waals surface area contributed by atoms with Crippen LogP contribution in [0.5, 0.6) is 0 Å². The molecule has 2 aliphatic rings. The number of carboxylic acid groups (broad SMARTS) is 1. The number of ketones is 2. The number of rotatable bonds is 19. The third-order valence-corrected chi connectivity index (χ3v) is 26.7. The number of carbonyl (C=O) groups excluding carboxylic acids is 3. The second-order valence-corrected chi connectivity index (χ2v) is 35.8. The zero-order valence-corrected chi connectivity index (χ0v) is 65.4. The highest BCUT2D eigenvalue weighted by Crippen LogP contribution is 2.63. The van der Waals surface area contributed by atoms with Crippen molar-refractivity contribution in [3.05, 3.63) is 306 Å². The predicted octanol–water partition coefficient (Wildman–Crippen LogP) is 15.5. The van der Waals surface area contributed by atoms with Gasteiger partial charge in [0.2, 0.25) is 20.0 Å². The first-order valence-corrected chi connectivity index (χ1v) is 43.0. The summed E-state index contributed by atoms with van der Waals surface area (Å²) < 4.78 is 94.6. The first-order valence-electron chi connectivity index (χ1n) is 35.9. The summed E-state index contributed by atoms with van der Waals surface area (Å²) in [6.07, 6.45) is -0.463. The number of fused-ring (bicyclic) bond motifs is 6. The number of amides is 1. The number of hydrogen-bond acceptors (Lipinski definition) is 13. The summed E-state index contributed by atoms with van der Waals surface area (Å²) in [7, 11) is 1.54. The highest BCUT2D eigenvalue weighted by Gasteiger charge is 2.45. The first kappa shape index (κ1) is 83.5. The van der Waals surface area contributed by atoms with Gasteiger partial charge in [0.25, 0.3) is 5.91 Å². The van der Waals surface area contributed by atoms with E-state index in [0.29, 0.717) is 53.0 Å². The highest BCUT2D eigenvalue weighted by molar-refractivity contribution is 7.89. The van der Waals surface area contributed by atoms with Crippen molar-refractivity contribution in [1.29, 1.82) is 0 Å². The molecule has 555 valence electrons. The van der Waals surface area contributed by atoms with E-state index < -0.39 is 64.2 Å². The number of benzene rings is 12. The third-order valence-electron chi connectivity index (χ3n) is 18.8. The van der Waals surface area contributed by atoms with Gasteiger partial charge in [-0.05, 0) is 170 Å². The largest absolute Gasteiger partial charge is 0.478 e. The van der Waals surface area contributed by atoms with E-state index >= 15 is 0 Å². The van der Waals surface area contributed by atoms with Crippen LogP contribution in [0.2, 0.25) is 0 Å². The lowest BCUT2D eigenvalue weighted by molar-refractivity contribution is 0.0686. The molecule has 12 aromatic rings. The van der Waals surface area contributed by atoms with Crippen molar-refractivity contribution in [2.24, 2.45) is 0 Å². The van der Waals surface area contributed by atoms with Crippen molar-refractivity contribution in [2.45, 2.75) is 35.0 Å². The van der Waals surface area contributed by atoms with E-state index in [1.165, 1.54) is 17.4 Å². The van der Waals surface area contributed by atoms with Gasteiger partial charge in [0, 0.05) is 100 Å². The van der Waals surface area contributed by atoms with Crippen LogP contribution in [0.3, 0.4) is 0 Å². The van der Waals surface area contributed by atoms with Crippen LogP contribution in [0.4, 0.5) is 0 Å². The van der Waals surface area contributed by atoms with Crippen molar-refractivity contribution in [3.8, 4) is 0 Å². The maximum absolute atomic E-state index is 14.7. The van der Waals surface area contributed by atoms with Crippen LogP contribution in [0.15, 0.2) is 283 Å². The Balaban J connectivity index is 0.000000179. The highest BCUT2D eigenvalue weighted by atomic mass is 32.2. The molecule has 1 amide bonds. The van der Waals surface area contributed by atoms with Crippen molar-refractivity contribution < 1.29 is 59.3 Å². The summed E-state index contributed by atoms with van der Waals surface area (Å²) >= 11 is 0. The molecule has 0 aliphatic carbocycles. The van der Waals surface area contributed by atoms with Crippen LogP contribution in [0.1, 0.15) is 77.7 Å². The first-order chi connectivity index (χ1) is 53.3. The molecule has 0 saturated carbocycles. The smallest absolute Gasteiger partial charge is 0.345 e. The Labute approximate surface area is 653 Å². The molecule has 2 heterocycles. The van der Waals surface area contributed by atoms with Crippen LogP contribution in [0, 0.1) is 0 Å². The van der Waals surface area contributed by atoms with Crippen molar-refractivity contribution in [2.75, 3.05) is 78.9 Å². The summed E-state index contributed by atoms with van der Waals surface area (Å²) in [4.78, 5) is 57.5. The molecule has 2 aliphatic heterocycles. The lowest BCUT2D eigenvalue weighted by Crippen LogP contribution is -2.50. The van der Waals surface area contributed by atoms with Crippen LogP contribution in [-0.4, -0.2) is 174 Å². The number of aromatic carboxylic acids is 1. The van der Waals surface area contributed by atoms with E-state index in [-0.39, 0.29) is 78.2 Å². The molecule has 26 heteroatoms. The topological polar surface area (TPSA) is 231 Å². The van der Waals surface area contributed by atoms with Gasteiger partial charge in [-0.15, -0.1) is 0 Å². The molecular weight excluding hydrogens is 1470 g/mol. The van der Waals surface area contributed by atoms with Crippen molar-refractivity contribution in [1.82, 2.24) is 18.8 Å². The Morgan fingerprint density at radius 3 is 1.22 bits per heavy atom. The van der Waals surface area contributed by atoms with E-state index in [1.54, 1.807) is 115 Å². The Kier molecular flexibility index (Phi) is 28.5. The van der Waals surface area contributed by atoms with Gasteiger partial charge < -0.3 is 28.9 Å². The summed E-state index contributed by atoms with van der Waals surface area (Å²) in [5.74, 6) is -2.59. The van der Waals surface area contributed by atoms with Gasteiger partial charge in [-0.3, -0.25) is 18.9 Å². The average molecular weight is 1550 g/mol. The number of sulfonamides is 2. The molecule has 14 rings (SSSR count). The monoisotopic (exact) mass is 1550 g/mol. The third kappa shape index (κ3) is 19.9. The van der Waals surface area contributed by atoms with Gasteiger partial charge in [0.15, 0.2) is 11.6 Å². The molecule has 2 unspecified atom stereocenters. The number of carbonyl (C=O) groups is 4. The van der Waals surface area contributed by atoms with E-state index in [4.69, 9.17) is 32.3 Å². The summed E-state index contributed by atoms with van der Waals surface area (Å²) in [6.45, 7) is 16.2. The lowest BCUT2D eigenvalue weighted by Gasteiger charge is -2.34. The molecule has 0 aromatic heterocycles. The SMILES string of the molecule is C=C=C=C=C.CCOP(=O)(OCC)C(C(=O)c1cc2ccccc2cc1C(=O)O)c1cccc2ccccc12.CP(C)(=O)C(C(=O)c1cc2ccccc2cc1C(=O)N1CCN(S(=O)(=O)c2ccc3ccccc3c2)CC1)c1cccc2ccccc12.O=S(=O)(c1ccc2ccccc2c1)N1CCNCC1.[B][B]B([B])[B]. The van der Waals surface area contributed by atoms with Gasteiger partial charge in [0.05, 0.1) is 41.3 Å². The number of hydrogen-bond donors (Lipinski definition) is 2. The Morgan fingerprint density at radius 1 is 0.486 bits per heavy atom. The van der Waals surface area contributed by atoms with Gasteiger partial charge in [0.1, 0.15) is 11.3 Å². The Bertz CT molecular complexity index is 5890. The summed E-state index contributed by atoms with van der Waals surface area (Å²) in [5, 5.41) is 23.2. The number of carboxylic acids is 1.